The number of rotatable bonds is 3. The van der Waals surface area contributed by atoms with Crippen molar-refractivity contribution in [2.45, 2.75) is 45.2 Å². The summed E-state index contributed by atoms with van der Waals surface area (Å²) in [5, 5.41) is 4.04. The highest BCUT2D eigenvalue weighted by atomic mass is 16.7. The molecule has 0 saturated carbocycles. The third-order valence-electron chi connectivity index (χ3n) is 4.52. The van der Waals surface area contributed by atoms with Gasteiger partial charge in [0.05, 0.1) is 29.4 Å². The van der Waals surface area contributed by atoms with E-state index in [0.717, 1.165) is 4.68 Å². The molecule has 8 nitrogen and oxygen atoms in total. The van der Waals surface area contributed by atoms with Crippen molar-refractivity contribution in [2.75, 3.05) is 7.11 Å². The lowest BCUT2D eigenvalue weighted by molar-refractivity contribution is -0.0908. The minimum Gasteiger partial charge on any atom is -0.481 e. The number of ether oxygens (including phenoxy) is 3. The van der Waals surface area contributed by atoms with Crippen LogP contribution in [-0.2, 0) is 16.5 Å². The molecule has 3 heterocycles. The Bertz CT molecular complexity index is 805. The number of hydrogen-bond acceptors (Lipinski definition) is 7. The van der Waals surface area contributed by atoms with Crippen LogP contribution in [0.4, 0.5) is 0 Å². The Labute approximate surface area is 139 Å². The fourth-order valence-electron chi connectivity index (χ4n) is 2.36. The van der Waals surface area contributed by atoms with Gasteiger partial charge < -0.3 is 18.6 Å². The van der Waals surface area contributed by atoms with Gasteiger partial charge in [0.1, 0.15) is 0 Å². The van der Waals surface area contributed by atoms with E-state index in [2.05, 4.69) is 10.1 Å². The zero-order valence-corrected chi connectivity index (χ0v) is 14.6. The number of pyridine rings is 1. The smallest absolute Gasteiger partial charge is 0.437 e. The molecule has 0 N–H and O–H groups in total. The van der Waals surface area contributed by atoms with E-state index in [0.29, 0.717) is 17.0 Å². The Hall–Kier alpha value is -2.19. The fraction of sp³-hybridized carbons (Fsp3) is 0.562. The Kier molecular flexibility index (Phi) is 3.76. The second-order valence-corrected chi connectivity index (χ2v) is 6.71. The van der Waals surface area contributed by atoms with Gasteiger partial charge in [0, 0.05) is 13.2 Å². The molecule has 1 aliphatic heterocycles. The van der Waals surface area contributed by atoms with Gasteiger partial charge in [0.2, 0.25) is 5.88 Å². The molecule has 0 bridgehead atoms. The van der Waals surface area contributed by atoms with Crippen molar-refractivity contribution in [3.8, 4) is 17.3 Å². The molecule has 1 fully saturated rings. The number of aromatic nitrogens is 3. The number of methoxy groups -OCH3 is 1. The summed E-state index contributed by atoms with van der Waals surface area (Å²) < 4.78 is 23.7. The quantitative estimate of drug-likeness (QED) is 0.848. The van der Waals surface area contributed by atoms with Crippen LogP contribution in [0, 0.1) is 0 Å². The van der Waals surface area contributed by atoms with Crippen molar-refractivity contribution in [3.63, 3.8) is 0 Å². The Morgan fingerprint density at radius 3 is 2.33 bits per heavy atom. The second-order valence-electron chi connectivity index (χ2n) is 6.71. The maximum absolute atomic E-state index is 11.5. The third kappa shape index (κ3) is 2.61. The topological polar surface area (TPSA) is 88.6 Å². The van der Waals surface area contributed by atoms with Crippen LogP contribution in [0.2, 0.25) is 0 Å². The van der Waals surface area contributed by atoms with Gasteiger partial charge in [-0.05, 0) is 33.8 Å². The van der Waals surface area contributed by atoms with E-state index < -0.39 is 23.2 Å². The molecule has 0 aliphatic carbocycles. The molecule has 130 valence electrons. The van der Waals surface area contributed by atoms with Crippen LogP contribution >= 0.6 is 0 Å². The summed E-state index contributed by atoms with van der Waals surface area (Å²) in [6, 6.07) is 1.75. The molecule has 8 heteroatoms. The van der Waals surface area contributed by atoms with E-state index in [1.54, 1.807) is 6.07 Å². The van der Waals surface area contributed by atoms with E-state index in [4.69, 9.17) is 18.6 Å². The predicted octanol–water partition coefficient (Wildman–Crippen LogP) is 2.05. The Morgan fingerprint density at radius 1 is 1.21 bits per heavy atom. The largest absolute Gasteiger partial charge is 0.481 e. The van der Waals surface area contributed by atoms with E-state index in [1.165, 1.54) is 20.4 Å². The van der Waals surface area contributed by atoms with Crippen molar-refractivity contribution in [2.24, 2.45) is 7.05 Å². The second kappa shape index (κ2) is 5.42. The van der Waals surface area contributed by atoms with Crippen molar-refractivity contribution >= 4 is 0 Å². The average molecular weight is 335 g/mol. The first-order valence-electron chi connectivity index (χ1n) is 7.59. The lowest BCUT2D eigenvalue weighted by Crippen LogP contribution is -2.41. The van der Waals surface area contributed by atoms with E-state index in [1.807, 2.05) is 27.7 Å². The summed E-state index contributed by atoms with van der Waals surface area (Å²) in [5.74, 6) is 0.0175. The van der Waals surface area contributed by atoms with Gasteiger partial charge in [-0.1, -0.05) is 0 Å². The van der Waals surface area contributed by atoms with Gasteiger partial charge in [-0.3, -0.25) is 0 Å². The monoisotopic (exact) mass is 335 g/mol. The number of nitrogens with zero attached hydrogens (tertiary/aromatic N) is 3. The molecule has 0 amide bonds. The van der Waals surface area contributed by atoms with Crippen molar-refractivity contribution in [1.82, 2.24) is 14.8 Å². The summed E-state index contributed by atoms with van der Waals surface area (Å²) in [5.41, 5.74) is 0.173. The van der Waals surface area contributed by atoms with Crippen molar-refractivity contribution < 1.29 is 18.6 Å². The molecular weight excluding hydrogens is 314 g/mol. The van der Waals surface area contributed by atoms with E-state index >= 15 is 0 Å². The van der Waals surface area contributed by atoms with Gasteiger partial charge in [-0.25, -0.2) is 9.78 Å². The van der Waals surface area contributed by atoms with E-state index in [-0.39, 0.29) is 5.89 Å². The van der Waals surface area contributed by atoms with Gasteiger partial charge in [0.15, 0.2) is 6.29 Å². The normalized spacial score (nSPS) is 19.6. The highest BCUT2D eigenvalue weighted by Crippen LogP contribution is 2.46. The van der Waals surface area contributed by atoms with Gasteiger partial charge in [-0.15, -0.1) is 5.10 Å². The first-order chi connectivity index (χ1) is 11.1. The molecule has 0 aromatic carbocycles. The zero-order chi connectivity index (χ0) is 17.7. The highest BCUT2D eigenvalue weighted by molar-refractivity contribution is 5.54. The SMILES string of the molecule is COc1ncc(-c2nn(C)c(=O)o2)cc1C1OC(C)(C)C(C)(C)O1. The molecule has 0 radical (unpaired) electrons. The summed E-state index contributed by atoms with van der Waals surface area (Å²) in [6.45, 7) is 7.87. The predicted molar refractivity (Wildman–Crippen MR) is 84.6 cm³/mol. The summed E-state index contributed by atoms with van der Waals surface area (Å²) in [6.07, 6.45) is 0.881. The Balaban J connectivity index is 2.04. The van der Waals surface area contributed by atoms with Gasteiger partial charge in [0.25, 0.3) is 5.89 Å². The standard InChI is InChI=1S/C16H21N3O5/c1-15(2)16(3,4)24-13(23-15)10-7-9(8-17-12(10)21-6)11-18-19(5)14(20)22-11/h7-8,13H,1-6H3. The summed E-state index contributed by atoms with van der Waals surface area (Å²) in [4.78, 5) is 15.7. The molecule has 0 spiro atoms. The fourth-order valence-corrected chi connectivity index (χ4v) is 2.36. The lowest BCUT2D eigenvalue weighted by Gasteiger charge is -2.30. The molecule has 2 aromatic rings. The molecule has 3 rings (SSSR count). The molecule has 1 saturated heterocycles. The first kappa shape index (κ1) is 16.7. The molecule has 24 heavy (non-hydrogen) atoms. The molecule has 0 unspecified atom stereocenters. The Morgan fingerprint density at radius 2 is 1.83 bits per heavy atom. The van der Waals surface area contributed by atoms with Crippen LogP contribution in [0.1, 0.15) is 39.5 Å². The zero-order valence-electron chi connectivity index (χ0n) is 14.6. The molecule has 0 atom stereocenters. The minimum atomic E-state index is -0.646. The van der Waals surface area contributed by atoms with Crippen LogP contribution < -0.4 is 10.5 Å². The minimum absolute atomic E-state index is 0.176. The van der Waals surface area contributed by atoms with E-state index in [9.17, 15) is 4.79 Å². The third-order valence-corrected chi connectivity index (χ3v) is 4.52. The lowest BCUT2D eigenvalue weighted by atomic mass is 9.90. The van der Waals surface area contributed by atoms with Crippen LogP contribution in [0.15, 0.2) is 21.5 Å². The molecule has 2 aromatic heterocycles. The van der Waals surface area contributed by atoms with Crippen LogP contribution in [-0.4, -0.2) is 33.1 Å². The number of hydrogen-bond donors (Lipinski definition) is 0. The summed E-state index contributed by atoms with van der Waals surface area (Å²) >= 11 is 0. The maximum Gasteiger partial charge on any atom is 0.437 e. The van der Waals surface area contributed by atoms with Gasteiger partial charge in [-0.2, -0.15) is 4.68 Å². The summed E-state index contributed by atoms with van der Waals surface area (Å²) in [7, 11) is 3.04. The van der Waals surface area contributed by atoms with Crippen LogP contribution in [0.5, 0.6) is 5.88 Å². The maximum atomic E-state index is 11.5. The molecule has 1 aliphatic rings. The highest BCUT2D eigenvalue weighted by Gasteiger charge is 2.50. The van der Waals surface area contributed by atoms with Crippen LogP contribution in [0.25, 0.3) is 11.5 Å². The molecular formula is C16H21N3O5. The number of aryl methyl sites for hydroxylation is 1. The van der Waals surface area contributed by atoms with Crippen molar-refractivity contribution in [1.29, 1.82) is 0 Å². The van der Waals surface area contributed by atoms with Crippen LogP contribution in [0.3, 0.4) is 0 Å². The van der Waals surface area contributed by atoms with Gasteiger partial charge >= 0.3 is 5.76 Å². The van der Waals surface area contributed by atoms with Crippen molar-refractivity contribution in [3.05, 3.63) is 28.4 Å². The average Bonchev–Trinajstić information content (AvgIpc) is 2.95. The first-order valence-corrected chi connectivity index (χ1v) is 7.59.